The van der Waals surface area contributed by atoms with Gasteiger partial charge in [-0.1, -0.05) is 49.5 Å². The van der Waals surface area contributed by atoms with Gasteiger partial charge >= 0.3 is 0 Å². The monoisotopic (exact) mass is 394 g/mol. The van der Waals surface area contributed by atoms with E-state index in [9.17, 15) is 0 Å². The molecule has 2 unspecified atom stereocenters. The Morgan fingerprint density at radius 3 is 2.50 bits per heavy atom. The van der Waals surface area contributed by atoms with E-state index in [-0.39, 0.29) is 5.41 Å². The lowest BCUT2D eigenvalue weighted by Crippen LogP contribution is -2.64. The van der Waals surface area contributed by atoms with Crippen LogP contribution in [0.4, 0.5) is 0 Å². The molecule has 1 aromatic carbocycles. The molecule has 4 saturated carbocycles. The van der Waals surface area contributed by atoms with Crippen LogP contribution in [0.15, 0.2) is 30.3 Å². The van der Waals surface area contributed by atoms with Crippen molar-refractivity contribution in [2.75, 3.05) is 19.6 Å². The van der Waals surface area contributed by atoms with Crippen molar-refractivity contribution < 1.29 is 0 Å². The summed E-state index contributed by atoms with van der Waals surface area (Å²) in [4.78, 5) is 3.88. The second-order valence-corrected chi connectivity index (χ2v) is 11.9. The molecule has 7 fully saturated rings. The van der Waals surface area contributed by atoms with Crippen LogP contribution in [0, 0.1) is 22.7 Å². The number of nitrogens with one attached hydrogen (secondary N) is 1. The van der Waals surface area contributed by atoms with Crippen LogP contribution in [0.2, 0.25) is 0 Å². The number of hydrogen-bond acceptors (Lipinski definition) is 2. The van der Waals surface area contributed by atoms with E-state index in [0.717, 1.165) is 11.8 Å². The number of thiocarbonyl (C=S) groups is 1. The summed E-state index contributed by atoms with van der Waals surface area (Å²) in [6.07, 6.45) is 10.8. The second-order valence-electron chi connectivity index (χ2n) is 11.5. The van der Waals surface area contributed by atoms with Gasteiger partial charge in [0.15, 0.2) is 0 Å². The van der Waals surface area contributed by atoms with E-state index in [1.165, 1.54) is 76.0 Å². The van der Waals surface area contributed by atoms with E-state index in [1.807, 2.05) is 0 Å². The molecule has 1 aromatic rings. The van der Waals surface area contributed by atoms with Crippen molar-refractivity contribution in [3.05, 3.63) is 35.9 Å². The van der Waals surface area contributed by atoms with E-state index in [0.29, 0.717) is 16.9 Å². The van der Waals surface area contributed by atoms with Gasteiger partial charge in [-0.3, -0.25) is 0 Å². The fraction of sp³-hybridized carbons (Fsp3) is 0.720. The van der Waals surface area contributed by atoms with Gasteiger partial charge in [0, 0.05) is 18.0 Å². The van der Waals surface area contributed by atoms with E-state index < -0.39 is 0 Å². The molecule has 0 amide bonds. The van der Waals surface area contributed by atoms with Crippen LogP contribution in [0.25, 0.3) is 0 Å². The molecule has 28 heavy (non-hydrogen) atoms. The molecule has 5 atom stereocenters. The quantitative estimate of drug-likeness (QED) is 0.732. The maximum absolute atomic E-state index is 6.26. The van der Waals surface area contributed by atoms with Crippen LogP contribution in [0.3, 0.4) is 0 Å². The summed E-state index contributed by atoms with van der Waals surface area (Å²) < 4.78 is 0. The fourth-order valence-corrected chi connectivity index (χ4v) is 9.12. The highest BCUT2D eigenvalue weighted by molar-refractivity contribution is 7.80. The lowest BCUT2D eigenvalue weighted by atomic mass is 9.39. The highest BCUT2D eigenvalue weighted by Crippen LogP contribution is 2.70. The molecule has 0 spiro atoms. The number of benzene rings is 1. The summed E-state index contributed by atoms with van der Waals surface area (Å²) in [5, 5.41) is 3.98. The Labute approximate surface area is 175 Å². The molecule has 150 valence electrons. The van der Waals surface area contributed by atoms with Crippen LogP contribution < -0.4 is 5.32 Å². The molecular weight excluding hydrogens is 360 g/mol. The molecule has 6 bridgehead atoms. The molecular formula is C25H34N2S. The molecule has 4 aliphatic carbocycles. The highest BCUT2D eigenvalue weighted by atomic mass is 32.1. The molecule has 0 aromatic heterocycles. The molecule has 3 heteroatoms. The van der Waals surface area contributed by atoms with Gasteiger partial charge in [-0.25, -0.2) is 0 Å². The minimum absolute atomic E-state index is 0.241. The lowest BCUT2D eigenvalue weighted by molar-refractivity contribution is -0.0878. The first kappa shape index (κ1) is 17.9. The minimum atomic E-state index is 0.241. The zero-order valence-corrected chi connectivity index (χ0v) is 18.1. The minimum Gasteiger partial charge on any atom is -0.375 e. The third-order valence-corrected chi connectivity index (χ3v) is 9.74. The van der Waals surface area contributed by atoms with Gasteiger partial charge in [-0.05, 0) is 92.7 Å². The van der Waals surface area contributed by atoms with Gasteiger partial charge < -0.3 is 10.2 Å². The molecule has 8 rings (SSSR count). The molecule has 0 radical (unpaired) electrons. The summed E-state index contributed by atoms with van der Waals surface area (Å²) in [5.41, 5.74) is 2.65. The fourth-order valence-electron chi connectivity index (χ4n) is 8.74. The van der Waals surface area contributed by atoms with E-state index >= 15 is 0 Å². The smallest absolute Gasteiger partial charge is 0.0819 e. The zero-order chi connectivity index (χ0) is 19.0. The predicted molar refractivity (Wildman–Crippen MR) is 119 cm³/mol. The van der Waals surface area contributed by atoms with Crippen LogP contribution in [0.5, 0.6) is 0 Å². The summed E-state index contributed by atoms with van der Waals surface area (Å²) in [6, 6.07) is 12.0. The first-order valence-corrected chi connectivity index (χ1v) is 12.0. The number of rotatable bonds is 3. The average molecular weight is 395 g/mol. The normalized spacial score (nSPS) is 48.6. The van der Waals surface area contributed by atoms with Gasteiger partial charge in [0.2, 0.25) is 0 Å². The first-order chi connectivity index (χ1) is 13.5. The summed E-state index contributed by atoms with van der Waals surface area (Å²) >= 11 is 6.26. The van der Waals surface area contributed by atoms with Crippen LogP contribution in [-0.2, 0) is 5.41 Å². The average Bonchev–Trinajstić information content (AvgIpc) is 2.68. The lowest BCUT2D eigenvalue weighted by Gasteiger charge is -2.66. The molecule has 1 N–H and O–H groups in total. The first-order valence-electron chi connectivity index (χ1n) is 11.6. The van der Waals surface area contributed by atoms with Crippen LogP contribution >= 0.6 is 12.2 Å². The van der Waals surface area contributed by atoms with Crippen molar-refractivity contribution in [3.63, 3.8) is 0 Å². The molecule has 3 heterocycles. The Bertz CT molecular complexity index is 785. The maximum Gasteiger partial charge on any atom is 0.0819 e. The third kappa shape index (κ3) is 2.65. The summed E-state index contributed by atoms with van der Waals surface area (Å²) in [7, 11) is 0. The van der Waals surface area contributed by atoms with E-state index in [2.05, 4.69) is 47.5 Å². The van der Waals surface area contributed by atoms with Gasteiger partial charge in [-0.15, -0.1) is 0 Å². The molecule has 7 aliphatic rings. The van der Waals surface area contributed by atoms with Crippen LogP contribution in [0.1, 0.15) is 63.9 Å². The van der Waals surface area contributed by atoms with Gasteiger partial charge in [0.05, 0.1) is 4.99 Å². The van der Waals surface area contributed by atoms with E-state index in [1.54, 1.807) is 5.56 Å². The standard InChI is InChI=1S/C25H34N2S/c1-23-11-18-12-24(15-23,20-5-3-2-4-6-20)17-25(13-18,16-23)22(28)26-21-14-27-9-7-19(21)8-10-27/h2-6,18-19,21H,7-17H2,1H3,(H,26,28)/t18?,21-,23-,24-,25?/m0/s1. The molecule has 3 saturated heterocycles. The topological polar surface area (TPSA) is 15.3 Å². The Balaban J connectivity index is 1.31. The van der Waals surface area contributed by atoms with Crippen molar-refractivity contribution in [1.29, 1.82) is 0 Å². The highest BCUT2D eigenvalue weighted by Gasteiger charge is 2.63. The SMILES string of the molecule is C[C@@]12CC3CC(C(=S)N[C@H]4CN5CCC4CC5)(C1)C[C@](c1ccccc1)(C3)C2. The summed E-state index contributed by atoms with van der Waals surface area (Å²) in [5.74, 6) is 1.70. The number of fused-ring (bicyclic) bond motifs is 3. The zero-order valence-electron chi connectivity index (χ0n) is 17.3. The Kier molecular flexibility index (Phi) is 3.86. The molecule has 3 aliphatic heterocycles. The Hall–Kier alpha value is -0.930. The van der Waals surface area contributed by atoms with Crippen molar-refractivity contribution in [1.82, 2.24) is 10.2 Å². The molecule has 2 nitrogen and oxygen atoms in total. The number of piperidine rings is 3. The van der Waals surface area contributed by atoms with Crippen molar-refractivity contribution >= 4 is 17.2 Å². The van der Waals surface area contributed by atoms with Gasteiger partial charge in [0.25, 0.3) is 0 Å². The largest absolute Gasteiger partial charge is 0.375 e. The number of nitrogens with zero attached hydrogens (tertiary/aromatic N) is 1. The predicted octanol–water partition coefficient (Wildman–Crippen LogP) is 4.93. The van der Waals surface area contributed by atoms with E-state index in [4.69, 9.17) is 12.2 Å². The number of hydrogen-bond donors (Lipinski definition) is 1. The van der Waals surface area contributed by atoms with Crippen molar-refractivity contribution in [2.24, 2.45) is 22.7 Å². The van der Waals surface area contributed by atoms with Crippen LogP contribution in [-0.4, -0.2) is 35.6 Å². The maximum atomic E-state index is 6.26. The third-order valence-electron chi connectivity index (χ3n) is 9.19. The van der Waals surface area contributed by atoms with Gasteiger partial charge in [0.1, 0.15) is 0 Å². The second kappa shape index (κ2) is 6.04. The van der Waals surface area contributed by atoms with Crippen molar-refractivity contribution in [2.45, 2.75) is 69.7 Å². The Morgan fingerprint density at radius 2 is 1.82 bits per heavy atom. The van der Waals surface area contributed by atoms with Gasteiger partial charge in [-0.2, -0.15) is 0 Å². The van der Waals surface area contributed by atoms with Crippen molar-refractivity contribution in [3.8, 4) is 0 Å². The summed E-state index contributed by atoms with van der Waals surface area (Å²) in [6.45, 7) is 6.39. The Morgan fingerprint density at radius 1 is 1.04 bits per heavy atom.